The van der Waals surface area contributed by atoms with Crippen molar-refractivity contribution in [1.29, 1.82) is 0 Å². The largest absolute Gasteiger partial charge is 0.490 e. The van der Waals surface area contributed by atoms with Gasteiger partial charge in [-0.3, -0.25) is 4.57 Å². The fraction of sp³-hybridized carbons (Fsp3) is 0.300. The average Bonchev–Trinajstić information content (AvgIpc) is 3.34. The van der Waals surface area contributed by atoms with Gasteiger partial charge in [0.15, 0.2) is 0 Å². The molecule has 3 aromatic heterocycles. The van der Waals surface area contributed by atoms with Crippen molar-refractivity contribution in [2.75, 3.05) is 25.5 Å². The molecule has 0 amide bonds. The standard InChI is InChI=1S/C18H19F3N6OS.C2HF3O2/c1-25(2)16-4-3-11(7-23-16)14-5-13(19)15(29-14)9-26-10-24-27(18(26)28)8-12(6-22)17(20)21;3-2(4,5)1(6)7/h3-5,7,10H,6,8-9,22H2,1-2H3;(H,6,7). The molecule has 0 aromatic carbocycles. The molecule has 0 aliphatic rings. The monoisotopic (exact) mass is 538 g/mol. The molecule has 0 radical (unpaired) electrons. The smallest absolute Gasteiger partial charge is 0.475 e. The molecule has 0 unspecified atom stereocenters. The van der Waals surface area contributed by atoms with Crippen LogP contribution in [0, 0.1) is 5.82 Å². The van der Waals surface area contributed by atoms with Crippen molar-refractivity contribution in [2.45, 2.75) is 19.3 Å². The first-order valence-electron chi connectivity index (χ1n) is 9.82. The number of nitrogens with zero attached hydrogens (tertiary/aromatic N) is 5. The van der Waals surface area contributed by atoms with Crippen LogP contribution in [0.1, 0.15) is 4.88 Å². The first-order valence-corrected chi connectivity index (χ1v) is 10.6. The lowest BCUT2D eigenvalue weighted by molar-refractivity contribution is -0.192. The van der Waals surface area contributed by atoms with E-state index in [1.54, 1.807) is 6.20 Å². The minimum atomic E-state index is -5.08. The summed E-state index contributed by atoms with van der Waals surface area (Å²) in [6.07, 6.45) is -4.17. The van der Waals surface area contributed by atoms with Crippen molar-refractivity contribution in [2.24, 2.45) is 5.73 Å². The Morgan fingerprint density at radius 2 is 1.89 bits per heavy atom. The predicted octanol–water partition coefficient (Wildman–Crippen LogP) is 3.16. The van der Waals surface area contributed by atoms with Crippen LogP contribution in [-0.4, -0.2) is 57.2 Å². The Bertz CT molecular complexity index is 1280. The highest BCUT2D eigenvalue weighted by molar-refractivity contribution is 7.15. The van der Waals surface area contributed by atoms with Gasteiger partial charge in [0.25, 0.3) is 6.08 Å². The maximum absolute atomic E-state index is 14.4. The van der Waals surface area contributed by atoms with E-state index >= 15 is 0 Å². The summed E-state index contributed by atoms with van der Waals surface area (Å²) in [6, 6.07) is 5.05. The molecule has 196 valence electrons. The quantitative estimate of drug-likeness (QED) is 0.444. The molecule has 0 aliphatic carbocycles. The van der Waals surface area contributed by atoms with Gasteiger partial charge in [0.2, 0.25) is 0 Å². The summed E-state index contributed by atoms with van der Waals surface area (Å²) in [5.41, 5.74) is 5.02. The number of hydrogen-bond acceptors (Lipinski definition) is 7. The lowest BCUT2D eigenvalue weighted by Gasteiger charge is -2.10. The molecule has 0 saturated carbocycles. The van der Waals surface area contributed by atoms with Crippen molar-refractivity contribution < 1.29 is 36.2 Å². The van der Waals surface area contributed by atoms with E-state index in [1.165, 1.54) is 23.7 Å². The van der Waals surface area contributed by atoms with Crippen molar-refractivity contribution in [3.63, 3.8) is 0 Å². The van der Waals surface area contributed by atoms with Crippen LogP contribution in [0.25, 0.3) is 10.4 Å². The molecule has 16 heteroatoms. The molecule has 3 rings (SSSR count). The minimum Gasteiger partial charge on any atom is -0.475 e. The highest BCUT2D eigenvalue weighted by atomic mass is 32.1. The molecular weight excluding hydrogens is 518 g/mol. The Morgan fingerprint density at radius 1 is 1.25 bits per heavy atom. The molecule has 0 atom stereocenters. The highest BCUT2D eigenvalue weighted by Crippen LogP contribution is 2.31. The van der Waals surface area contributed by atoms with E-state index in [0.717, 1.165) is 20.6 Å². The van der Waals surface area contributed by atoms with E-state index in [4.69, 9.17) is 15.6 Å². The Kier molecular flexibility index (Phi) is 9.41. The first-order chi connectivity index (χ1) is 16.7. The third-order valence-electron chi connectivity index (χ3n) is 4.46. The minimum absolute atomic E-state index is 0.0572. The number of aliphatic carboxylic acids is 1. The molecule has 0 fully saturated rings. The van der Waals surface area contributed by atoms with Gasteiger partial charge in [0, 0.05) is 42.9 Å². The molecule has 0 aliphatic heterocycles. The molecule has 0 spiro atoms. The van der Waals surface area contributed by atoms with Crippen molar-refractivity contribution >= 4 is 23.1 Å². The second kappa shape index (κ2) is 11.9. The fourth-order valence-electron chi connectivity index (χ4n) is 2.58. The Hall–Kier alpha value is -3.66. The SMILES string of the molecule is CN(C)c1ccc(-c2cc(F)c(Cn3cnn(CC(CN)=C(F)F)c3=O)s2)cn1.O=C(O)C(F)(F)F. The Morgan fingerprint density at radius 3 is 2.36 bits per heavy atom. The summed E-state index contributed by atoms with van der Waals surface area (Å²) in [5, 5.41) is 10.9. The Balaban J connectivity index is 0.000000572. The first kappa shape index (κ1) is 28.6. The molecule has 3 aromatic rings. The van der Waals surface area contributed by atoms with Crippen LogP contribution in [0.3, 0.4) is 0 Å². The molecule has 0 saturated heterocycles. The van der Waals surface area contributed by atoms with E-state index in [2.05, 4.69) is 10.1 Å². The summed E-state index contributed by atoms with van der Waals surface area (Å²) in [7, 11) is 3.74. The van der Waals surface area contributed by atoms with Crippen LogP contribution >= 0.6 is 11.3 Å². The van der Waals surface area contributed by atoms with E-state index in [1.807, 2.05) is 31.1 Å². The third kappa shape index (κ3) is 7.42. The molecule has 9 nitrogen and oxygen atoms in total. The summed E-state index contributed by atoms with van der Waals surface area (Å²) in [6.45, 7) is -0.851. The van der Waals surface area contributed by atoms with Gasteiger partial charge < -0.3 is 15.7 Å². The number of nitrogens with two attached hydrogens (primary N) is 1. The number of carbonyl (C=O) groups is 1. The van der Waals surface area contributed by atoms with Crippen molar-refractivity contribution in [3.05, 3.63) is 63.6 Å². The van der Waals surface area contributed by atoms with Crippen LogP contribution in [0.15, 0.2) is 47.2 Å². The zero-order chi connectivity index (χ0) is 27.2. The zero-order valence-corrected chi connectivity index (χ0v) is 19.6. The Labute approximate surface area is 203 Å². The average molecular weight is 538 g/mol. The normalized spacial score (nSPS) is 11.0. The molecule has 3 heterocycles. The van der Waals surface area contributed by atoms with Gasteiger partial charge in [-0.05, 0) is 18.2 Å². The number of alkyl halides is 3. The van der Waals surface area contributed by atoms with Gasteiger partial charge in [-0.15, -0.1) is 11.3 Å². The summed E-state index contributed by atoms with van der Waals surface area (Å²) < 4.78 is 73.7. The van der Waals surface area contributed by atoms with Crippen molar-refractivity contribution in [3.8, 4) is 10.4 Å². The predicted molar refractivity (Wildman–Crippen MR) is 119 cm³/mol. The van der Waals surface area contributed by atoms with Crippen LogP contribution < -0.4 is 16.3 Å². The number of carboxylic acid groups (broad SMARTS) is 1. The van der Waals surface area contributed by atoms with Gasteiger partial charge in [-0.25, -0.2) is 23.6 Å². The number of anilines is 1. The summed E-state index contributed by atoms with van der Waals surface area (Å²) in [4.78, 5) is 28.4. The van der Waals surface area contributed by atoms with Gasteiger partial charge in [-0.2, -0.15) is 27.1 Å². The van der Waals surface area contributed by atoms with Gasteiger partial charge in [0.05, 0.1) is 18.0 Å². The molecule has 0 bridgehead atoms. The van der Waals surface area contributed by atoms with E-state index in [0.29, 0.717) is 9.75 Å². The van der Waals surface area contributed by atoms with Crippen LogP contribution in [-0.2, 0) is 17.9 Å². The lowest BCUT2D eigenvalue weighted by Crippen LogP contribution is -2.27. The molecule has 36 heavy (non-hydrogen) atoms. The fourth-order valence-corrected chi connectivity index (χ4v) is 3.61. The molecule has 3 N–H and O–H groups in total. The van der Waals surface area contributed by atoms with E-state index < -0.39 is 36.3 Å². The van der Waals surface area contributed by atoms with Crippen LogP contribution in [0.2, 0.25) is 0 Å². The summed E-state index contributed by atoms with van der Waals surface area (Å²) >= 11 is 1.19. The molecular formula is C20H20F6N6O3S. The van der Waals surface area contributed by atoms with Gasteiger partial charge >= 0.3 is 17.8 Å². The van der Waals surface area contributed by atoms with Gasteiger partial charge in [0.1, 0.15) is 18.0 Å². The number of halogens is 6. The van der Waals surface area contributed by atoms with Gasteiger partial charge in [-0.1, -0.05) is 0 Å². The lowest BCUT2D eigenvalue weighted by atomic mass is 10.2. The second-order valence-corrected chi connectivity index (χ2v) is 8.39. The number of hydrogen-bond donors (Lipinski definition) is 2. The van der Waals surface area contributed by atoms with Crippen LogP contribution in [0.4, 0.5) is 32.2 Å². The number of carboxylic acids is 1. The van der Waals surface area contributed by atoms with Crippen molar-refractivity contribution in [1.82, 2.24) is 19.3 Å². The number of rotatable bonds is 7. The zero-order valence-electron chi connectivity index (χ0n) is 18.8. The number of pyridine rings is 1. The van der Waals surface area contributed by atoms with E-state index in [9.17, 15) is 31.1 Å². The maximum Gasteiger partial charge on any atom is 0.490 e. The third-order valence-corrected chi connectivity index (χ3v) is 5.60. The number of thiophene rings is 1. The highest BCUT2D eigenvalue weighted by Gasteiger charge is 2.38. The summed E-state index contributed by atoms with van der Waals surface area (Å²) in [5.74, 6) is -2.44. The topological polar surface area (TPSA) is 119 Å². The van der Waals surface area contributed by atoms with E-state index in [-0.39, 0.29) is 18.7 Å². The maximum atomic E-state index is 14.4. The second-order valence-electron chi connectivity index (χ2n) is 7.25. The van der Waals surface area contributed by atoms with Crippen LogP contribution in [0.5, 0.6) is 0 Å². The number of aromatic nitrogens is 4.